The zero-order valence-corrected chi connectivity index (χ0v) is 19.0. The van der Waals surface area contributed by atoms with E-state index in [1.165, 1.54) is 11.8 Å². The number of fused-ring (bicyclic) bond motifs is 1. The first-order valence-corrected chi connectivity index (χ1v) is 11.2. The number of rotatable bonds is 8. The molecule has 168 valence electrons. The molecule has 1 amide bonds. The number of esters is 1. The summed E-state index contributed by atoms with van der Waals surface area (Å²) in [6, 6.07) is 16.2. The van der Waals surface area contributed by atoms with E-state index in [0.29, 0.717) is 16.3 Å². The van der Waals surface area contributed by atoms with Gasteiger partial charge in [0.1, 0.15) is 10.8 Å². The smallest absolute Gasteiger partial charge is 0.338 e. The molecule has 2 heterocycles. The maximum atomic E-state index is 12.5. The predicted octanol–water partition coefficient (Wildman–Crippen LogP) is 4.31. The van der Waals surface area contributed by atoms with Crippen molar-refractivity contribution in [1.29, 1.82) is 0 Å². The van der Waals surface area contributed by atoms with Gasteiger partial charge < -0.3 is 14.8 Å². The van der Waals surface area contributed by atoms with E-state index in [0.717, 1.165) is 22.5 Å². The molecule has 0 unspecified atom stereocenters. The number of nitrogens with one attached hydrogen (secondary N) is 1. The molecule has 4 aromatic rings. The maximum Gasteiger partial charge on any atom is 0.338 e. The second-order valence-electron chi connectivity index (χ2n) is 6.93. The van der Waals surface area contributed by atoms with Crippen molar-refractivity contribution in [2.45, 2.75) is 11.9 Å². The Labute approximate surface area is 194 Å². The molecule has 0 spiro atoms. The van der Waals surface area contributed by atoms with Crippen LogP contribution in [-0.2, 0) is 9.53 Å². The van der Waals surface area contributed by atoms with E-state index in [2.05, 4.69) is 15.4 Å². The summed E-state index contributed by atoms with van der Waals surface area (Å²) in [5, 5.41) is 8.12. The first-order valence-electron chi connectivity index (χ1n) is 10.3. The van der Waals surface area contributed by atoms with Crippen molar-refractivity contribution in [3.63, 3.8) is 0 Å². The number of aromatic nitrogens is 3. The molecule has 0 fully saturated rings. The lowest BCUT2D eigenvalue weighted by atomic mass is 10.1. The van der Waals surface area contributed by atoms with Gasteiger partial charge in [-0.2, -0.15) is 5.10 Å². The maximum absolute atomic E-state index is 12.5. The molecule has 0 saturated carbocycles. The van der Waals surface area contributed by atoms with Crippen molar-refractivity contribution < 1.29 is 19.1 Å². The third kappa shape index (κ3) is 5.15. The molecule has 0 radical (unpaired) electrons. The predicted molar refractivity (Wildman–Crippen MR) is 127 cm³/mol. The van der Waals surface area contributed by atoms with E-state index < -0.39 is 5.97 Å². The van der Waals surface area contributed by atoms with Crippen LogP contribution in [-0.4, -0.2) is 45.9 Å². The van der Waals surface area contributed by atoms with Gasteiger partial charge in [0.25, 0.3) is 0 Å². The topological polar surface area (TPSA) is 94.8 Å². The first-order chi connectivity index (χ1) is 16.1. The molecule has 0 bridgehead atoms. The SMILES string of the molecule is CCOC(=O)c1cccc(NC(=O)CSc2nccn3nc(-c4ccccc4OC)cc23)c1. The average Bonchev–Trinajstić information content (AvgIpc) is 3.28. The molecular formula is C24H22N4O4S. The normalized spacial score (nSPS) is 10.7. The number of methoxy groups -OCH3 is 1. The molecule has 0 aliphatic rings. The number of amides is 1. The lowest BCUT2D eigenvalue weighted by Gasteiger charge is -2.07. The second-order valence-corrected chi connectivity index (χ2v) is 7.89. The van der Waals surface area contributed by atoms with Crippen molar-refractivity contribution in [2.24, 2.45) is 0 Å². The number of anilines is 1. The fourth-order valence-electron chi connectivity index (χ4n) is 3.27. The van der Waals surface area contributed by atoms with Gasteiger partial charge in [-0.25, -0.2) is 14.3 Å². The molecule has 1 N–H and O–H groups in total. The van der Waals surface area contributed by atoms with E-state index >= 15 is 0 Å². The standard InChI is InChI=1S/C24H22N4O4S/c1-3-32-24(30)16-7-6-8-17(13-16)26-22(29)15-33-23-20-14-19(27-28(20)12-11-25-23)18-9-4-5-10-21(18)31-2/h4-14H,3,15H2,1-2H3,(H,26,29). The highest BCUT2D eigenvalue weighted by molar-refractivity contribution is 8.00. The minimum atomic E-state index is -0.426. The van der Waals surface area contributed by atoms with Crippen LogP contribution in [0.5, 0.6) is 5.75 Å². The van der Waals surface area contributed by atoms with Gasteiger partial charge in [0.05, 0.1) is 36.2 Å². The quantitative estimate of drug-likeness (QED) is 0.308. The highest BCUT2D eigenvalue weighted by Crippen LogP contribution is 2.31. The van der Waals surface area contributed by atoms with Crippen molar-refractivity contribution in [1.82, 2.24) is 14.6 Å². The molecule has 0 saturated heterocycles. The number of para-hydroxylation sites is 1. The Morgan fingerprint density at radius 2 is 1.97 bits per heavy atom. The van der Waals surface area contributed by atoms with E-state index in [1.807, 2.05) is 30.3 Å². The summed E-state index contributed by atoms with van der Waals surface area (Å²) in [6.45, 7) is 2.03. The number of carbonyl (C=O) groups is 2. The summed E-state index contributed by atoms with van der Waals surface area (Å²) < 4.78 is 12.2. The average molecular weight is 463 g/mol. The van der Waals surface area contributed by atoms with Crippen molar-refractivity contribution in [3.8, 4) is 17.0 Å². The van der Waals surface area contributed by atoms with Gasteiger partial charge >= 0.3 is 5.97 Å². The van der Waals surface area contributed by atoms with Gasteiger partial charge in [-0.15, -0.1) is 0 Å². The lowest BCUT2D eigenvalue weighted by Crippen LogP contribution is -2.15. The molecule has 8 nitrogen and oxygen atoms in total. The van der Waals surface area contributed by atoms with Crippen LogP contribution in [0.15, 0.2) is 72.0 Å². The fraction of sp³-hybridized carbons (Fsp3) is 0.167. The molecular weight excluding hydrogens is 440 g/mol. The summed E-state index contributed by atoms with van der Waals surface area (Å²) in [5.74, 6) is 0.234. The summed E-state index contributed by atoms with van der Waals surface area (Å²) >= 11 is 1.31. The van der Waals surface area contributed by atoms with Crippen LogP contribution in [0.25, 0.3) is 16.8 Å². The van der Waals surface area contributed by atoms with Gasteiger partial charge in [-0.05, 0) is 43.3 Å². The number of hydrogen-bond acceptors (Lipinski definition) is 7. The minimum Gasteiger partial charge on any atom is -0.496 e. The number of carbonyl (C=O) groups excluding carboxylic acids is 2. The van der Waals surface area contributed by atoms with Gasteiger partial charge in [-0.3, -0.25) is 4.79 Å². The van der Waals surface area contributed by atoms with Gasteiger partial charge in [0.2, 0.25) is 5.91 Å². The zero-order valence-electron chi connectivity index (χ0n) is 18.1. The van der Waals surface area contributed by atoms with Crippen LogP contribution in [0.4, 0.5) is 5.69 Å². The Kier molecular flexibility index (Phi) is 6.89. The Morgan fingerprint density at radius 1 is 1.12 bits per heavy atom. The van der Waals surface area contributed by atoms with Crippen molar-refractivity contribution in [2.75, 3.05) is 24.8 Å². The van der Waals surface area contributed by atoms with Crippen LogP contribution < -0.4 is 10.1 Å². The zero-order chi connectivity index (χ0) is 23.2. The highest BCUT2D eigenvalue weighted by atomic mass is 32.2. The van der Waals surface area contributed by atoms with Crippen LogP contribution in [0.3, 0.4) is 0 Å². The number of thioether (sulfide) groups is 1. The van der Waals surface area contributed by atoms with E-state index in [4.69, 9.17) is 9.47 Å². The van der Waals surface area contributed by atoms with Crippen LogP contribution in [0.1, 0.15) is 17.3 Å². The largest absolute Gasteiger partial charge is 0.496 e. The molecule has 4 rings (SSSR count). The number of benzene rings is 2. The Balaban J connectivity index is 1.47. The highest BCUT2D eigenvalue weighted by Gasteiger charge is 2.14. The summed E-state index contributed by atoms with van der Waals surface area (Å²) in [4.78, 5) is 28.8. The summed E-state index contributed by atoms with van der Waals surface area (Å²) in [6.07, 6.45) is 3.41. The molecule has 33 heavy (non-hydrogen) atoms. The number of hydrogen-bond donors (Lipinski definition) is 1. The molecule has 0 atom stereocenters. The van der Waals surface area contributed by atoms with Crippen LogP contribution >= 0.6 is 11.8 Å². The number of ether oxygens (including phenoxy) is 2. The molecule has 9 heteroatoms. The van der Waals surface area contributed by atoms with Gasteiger partial charge in [0, 0.05) is 23.6 Å². The second kappa shape index (κ2) is 10.2. The van der Waals surface area contributed by atoms with Gasteiger partial charge in [0.15, 0.2) is 0 Å². The van der Waals surface area contributed by atoms with Crippen molar-refractivity contribution >= 4 is 34.8 Å². The fourth-order valence-corrected chi connectivity index (χ4v) is 4.04. The molecule has 2 aromatic carbocycles. The number of nitrogens with zero attached hydrogens (tertiary/aromatic N) is 3. The Hall–Kier alpha value is -3.85. The third-order valence-corrected chi connectivity index (χ3v) is 5.73. The van der Waals surface area contributed by atoms with Crippen LogP contribution in [0.2, 0.25) is 0 Å². The summed E-state index contributed by atoms with van der Waals surface area (Å²) in [7, 11) is 1.62. The third-order valence-electron chi connectivity index (χ3n) is 4.73. The summed E-state index contributed by atoms with van der Waals surface area (Å²) in [5.41, 5.74) is 3.33. The van der Waals surface area contributed by atoms with E-state index in [1.54, 1.807) is 55.2 Å². The Morgan fingerprint density at radius 3 is 2.79 bits per heavy atom. The van der Waals surface area contributed by atoms with Crippen molar-refractivity contribution in [3.05, 3.63) is 72.6 Å². The van der Waals surface area contributed by atoms with Crippen LogP contribution in [0, 0.1) is 0 Å². The molecule has 0 aliphatic heterocycles. The molecule has 2 aromatic heterocycles. The monoisotopic (exact) mass is 462 g/mol. The lowest BCUT2D eigenvalue weighted by molar-refractivity contribution is -0.113. The van der Waals surface area contributed by atoms with Gasteiger partial charge in [-0.1, -0.05) is 30.0 Å². The molecule has 0 aliphatic carbocycles. The van der Waals surface area contributed by atoms with E-state index in [9.17, 15) is 9.59 Å². The first kappa shape index (κ1) is 22.3. The minimum absolute atomic E-state index is 0.144. The Bertz CT molecular complexity index is 1300. The van der Waals surface area contributed by atoms with E-state index in [-0.39, 0.29) is 18.3 Å².